The Labute approximate surface area is 159 Å². The maximum atomic E-state index is 12.2. The lowest BCUT2D eigenvalue weighted by atomic mass is 9.98. The van der Waals surface area contributed by atoms with Crippen molar-refractivity contribution in [2.24, 2.45) is 0 Å². The molecule has 0 unspecified atom stereocenters. The van der Waals surface area contributed by atoms with Crippen molar-refractivity contribution >= 4 is 11.9 Å². The first-order valence-electron chi connectivity index (χ1n) is 9.05. The second-order valence-electron chi connectivity index (χ2n) is 7.06. The molecule has 1 amide bonds. The van der Waals surface area contributed by atoms with Crippen LogP contribution >= 0.6 is 0 Å². The standard InChI is InChI=1S/C22H24NO4/c1-14(2)11-21(25)20(12-24)23-22(26)27-13-19-17-9-5-3-7-15(17)16-8-4-6-10-18(16)19/h3-10,19-20,24H,11-13H2,1-2H3,(H,23,26)/t20-/m0/s1. The number of hydrogen-bond acceptors (Lipinski definition) is 4. The molecule has 0 saturated carbocycles. The number of Topliss-reactive ketones (excluding diaryl/α,β-unsaturated/α-hetero) is 1. The highest BCUT2D eigenvalue weighted by atomic mass is 16.5. The summed E-state index contributed by atoms with van der Waals surface area (Å²) in [5.74, 6) is 0.649. The Morgan fingerprint density at radius 1 is 1.04 bits per heavy atom. The van der Waals surface area contributed by atoms with Crippen molar-refractivity contribution in [1.82, 2.24) is 5.32 Å². The zero-order valence-corrected chi connectivity index (χ0v) is 15.6. The van der Waals surface area contributed by atoms with Crippen LogP contribution in [0.2, 0.25) is 0 Å². The van der Waals surface area contributed by atoms with Crippen LogP contribution in [0.25, 0.3) is 11.1 Å². The molecule has 1 atom stereocenters. The van der Waals surface area contributed by atoms with E-state index in [2.05, 4.69) is 17.4 Å². The van der Waals surface area contributed by atoms with Crippen LogP contribution in [-0.4, -0.2) is 36.2 Å². The summed E-state index contributed by atoms with van der Waals surface area (Å²) >= 11 is 0. The molecule has 141 valence electrons. The van der Waals surface area contributed by atoms with Crippen molar-refractivity contribution in [3.63, 3.8) is 0 Å². The third-order valence-electron chi connectivity index (χ3n) is 4.73. The van der Waals surface area contributed by atoms with Gasteiger partial charge in [0.05, 0.1) is 6.61 Å². The Balaban J connectivity index is 1.66. The lowest BCUT2D eigenvalue weighted by molar-refractivity contribution is -0.121. The van der Waals surface area contributed by atoms with Crippen molar-refractivity contribution < 1.29 is 19.4 Å². The fourth-order valence-corrected chi connectivity index (χ4v) is 3.48. The number of nitrogens with one attached hydrogen (secondary N) is 1. The summed E-state index contributed by atoms with van der Waals surface area (Å²) in [6, 6.07) is 15.2. The van der Waals surface area contributed by atoms with E-state index >= 15 is 0 Å². The van der Waals surface area contributed by atoms with Crippen LogP contribution in [-0.2, 0) is 9.53 Å². The maximum absolute atomic E-state index is 12.2. The Hall–Kier alpha value is -2.66. The summed E-state index contributed by atoms with van der Waals surface area (Å²) in [6.45, 7) is 3.39. The fourth-order valence-electron chi connectivity index (χ4n) is 3.48. The van der Waals surface area contributed by atoms with E-state index in [-0.39, 0.29) is 24.7 Å². The van der Waals surface area contributed by atoms with E-state index in [0.717, 1.165) is 28.2 Å². The summed E-state index contributed by atoms with van der Waals surface area (Å²) in [6.07, 6.45) is -0.479. The number of hydrogen-bond donors (Lipinski definition) is 2. The van der Waals surface area contributed by atoms with Crippen molar-refractivity contribution in [1.29, 1.82) is 0 Å². The van der Waals surface area contributed by atoms with Gasteiger partial charge in [0, 0.05) is 12.3 Å². The molecule has 1 aliphatic rings. The largest absolute Gasteiger partial charge is 0.449 e. The van der Waals surface area contributed by atoms with Crippen molar-refractivity contribution in [2.75, 3.05) is 13.2 Å². The Morgan fingerprint density at radius 2 is 1.59 bits per heavy atom. The van der Waals surface area contributed by atoms with E-state index in [1.165, 1.54) is 0 Å². The Morgan fingerprint density at radius 3 is 2.11 bits per heavy atom. The highest BCUT2D eigenvalue weighted by Gasteiger charge is 2.29. The molecule has 1 aliphatic carbocycles. The molecule has 0 saturated heterocycles. The minimum Gasteiger partial charge on any atom is -0.449 e. The second kappa shape index (κ2) is 8.35. The number of aliphatic hydroxyl groups is 1. The van der Waals surface area contributed by atoms with Gasteiger partial charge in [0.1, 0.15) is 12.6 Å². The van der Waals surface area contributed by atoms with Crippen LogP contribution in [0.1, 0.15) is 37.3 Å². The van der Waals surface area contributed by atoms with Gasteiger partial charge in [-0.05, 0) is 28.2 Å². The third-order valence-corrected chi connectivity index (χ3v) is 4.73. The predicted octanol–water partition coefficient (Wildman–Crippen LogP) is 3.46. The van der Waals surface area contributed by atoms with Gasteiger partial charge in [-0.3, -0.25) is 4.79 Å². The molecule has 1 radical (unpaired) electrons. The number of aliphatic hydroxyl groups excluding tert-OH is 1. The molecule has 2 aromatic carbocycles. The van der Waals surface area contributed by atoms with E-state index in [9.17, 15) is 14.7 Å². The van der Waals surface area contributed by atoms with E-state index in [1.54, 1.807) is 0 Å². The lowest BCUT2D eigenvalue weighted by Gasteiger charge is -2.18. The number of ether oxygens (including phenoxy) is 1. The number of rotatable bonds is 7. The molecule has 5 nitrogen and oxygen atoms in total. The zero-order chi connectivity index (χ0) is 19.4. The summed E-state index contributed by atoms with van der Waals surface area (Å²) in [5.41, 5.74) is 4.55. The molecule has 27 heavy (non-hydrogen) atoms. The van der Waals surface area contributed by atoms with Gasteiger partial charge >= 0.3 is 6.09 Å². The molecule has 3 rings (SSSR count). The fraction of sp³-hybridized carbons (Fsp3) is 0.318. The van der Waals surface area contributed by atoms with Gasteiger partial charge < -0.3 is 15.2 Å². The molecule has 0 fully saturated rings. The highest BCUT2D eigenvalue weighted by Crippen LogP contribution is 2.44. The first-order chi connectivity index (χ1) is 13.0. The Kier molecular flexibility index (Phi) is 5.91. The topological polar surface area (TPSA) is 75.6 Å². The van der Waals surface area contributed by atoms with Crippen molar-refractivity contribution in [2.45, 2.75) is 32.2 Å². The van der Waals surface area contributed by atoms with Crippen LogP contribution in [0.5, 0.6) is 0 Å². The number of alkyl carbamates (subject to hydrolysis) is 1. The summed E-state index contributed by atoms with van der Waals surface area (Å²) < 4.78 is 5.41. The minimum atomic E-state index is -0.949. The van der Waals surface area contributed by atoms with Gasteiger partial charge in [0.15, 0.2) is 5.78 Å². The van der Waals surface area contributed by atoms with Gasteiger partial charge in [0.2, 0.25) is 0 Å². The molecular weight excluding hydrogens is 342 g/mol. The van der Waals surface area contributed by atoms with Crippen LogP contribution in [0.4, 0.5) is 4.79 Å². The van der Waals surface area contributed by atoms with Crippen LogP contribution < -0.4 is 5.32 Å². The minimum absolute atomic E-state index is 0.0438. The molecule has 2 aromatic rings. The monoisotopic (exact) mass is 366 g/mol. The number of benzene rings is 2. The van der Waals surface area contributed by atoms with Gasteiger partial charge in [-0.2, -0.15) is 0 Å². The smallest absolute Gasteiger partial charge is 0.407 e. The number of ketones is 1. The van der Waals surface area contributed by atoms with E-state index < -0.39 is 18.7 Å². The highest BCUT2D eigenvalue weighted by molar-refractivity contribution is 5.88. The maximum Gasteiger partial charge on any atom is 0.407 e. The molecular formula is C22H24NO4. The van der Waals surface area contributed by atoms with Gasteiger partial charge in [-0.15, -0.1) is 0 Å². The van der Waals surface area contributed by atoms with E-state index in [4.69, 9.17) is 4.74 Å². The molecule has 2 N–H and O–H groups in total. The van der Waals surface area contributed by atoms with Crippen LogP contribution in [0, 0.1) is 5.92 Å². The molecule has 0 aromatic heterocycles. The number of carbonyl (C=O) groups is 2. The van der Waals surface area contributed by atoms with Crippen molar-refractivity contribution in [3.8, 4) is 11.1 Å². The molecule has 5 heteroatoms. The molecule has 0 heterocycles. The van der Waals surface area contributed by atoms with Crippen molar-refractivity contribution in [3.05, 3.63) is 65.6 Å². The average Bonchev–Trinajstić information content (AvgIpc) is 2.98. The SMILES string of the molecule is C[C](C)CC(=O)[C@H](CO)NC(=O)OCC1c2ccccc2-c2ccccc21. The predicted molar refractivity (Wildman–Crippen MR) is 103 cm³/mol. The molecule has 0 bridgehead atoms. The van der Waals surface area contributed by atoms with Crippen LogP contribution in [0.3, 0.4) is 0 Å². The summed E-state index contributed by atoms with van der Waals surface area (Å²) in [7, 11) is 0. The number of fused-ring (bicyclic) bond motifs is 3. The Bertz CT molecular complexity index is 785. The summed E-state index contributed by atoms with van der Waals surface area (Å²) in [5, 5.41) is 11.9. The van der Waals surface area contributed by atoms with Crippen LogP contribution in [0.15, 0.2) is 48.5 Å². The van der Waals surface area contributed by atoms with Gasteiger partial charge in [-0.1, -0.05) is 62.4 Å². The quantitative estimate of drug-likeness (QED) is 0.787. The third kappa shape index (κ3) is 4.19. The number of amides is 1. The molecule has 0 spiro atoms. The zero-order valence-electron chi connectivity index (χ0n) is 15.6. The first-order valence-corrected chi connectivity index (χ1v) is 9.05. The van der Waals surface area contributed by atoms with E-state index in [0.29, 0.717) is 0 Å². The normalized spacial score (nSPS) is 13.8. The lowest BCUT2D eigenvalue weighted by Crippen LogP contribution is -2.44. The average molecular weight is 366 g/mol. The van der Waals surface area contributed by atoms with Gasteiger partial charge in [-0.25, -0.2) is 4.79 Å². The van der Waals surface area contributed by atoms with E-state index in [1.807, 2.05) is 50.2 Å². The molecule has 0 aliphatic heterocycles. The number of carbonyl (C=O) groups excluding carboxylic acids is 2. The second-order valence-corrected chi connectivity index (χ2v) is 7.06. The summed E-state index contributed by atoms with van der Waals surface area (Å²) in [4.78, 5) is 24.2. The van der Waals surface area contributed by atoms with Gasteiger partial charge in [0.25, 0.3) is 0 Å². The first kappa shape index (κ1) is 19.1.